The van der Waals surface area contributed by atoms with Crippen molar-refractivity contribution in [1.82, 2.24) is 0 Å². The number of nitrogens with one attached hydrogen (secondary N) is 1. The minimum absolute atomic E-state index is 0.159. The molecule has 0 radical (unpaired) electrons. The molecule has 1 saturated heterocycles. The van der Waals surface area contributed by atoms with Crippen molar-refractivity contribution in [3.05, 3.63) is 74.8 Å². The lowest BCUT2D eigenvalue weighted by Crippen LogP contribution is -3.14. The molecule has 2 aliphatic rings. The van der Waals surface area contributed by atoms with Gasteiger partial charge in [0.2, 0.25) is 5.75 Å². The molecule has 2 aromatic carbocycles. The largest absolute Gasteiger partial charge is 0.489 e. The number of ether oxygens (including phenoxy) is 3. The molecule has 2 heterocycles. The fourth-order valence-electron chi connectivity index (χ4n) is 3.64. The summed E-state index contributed by atoms with van der Waals surface area (Å²) in [7, 11) is 0. The average Bonchev–Trinajstić information content (AvgIpc) is 3.07. The Balaban J connectivity index is 1.63. The zero-order chi connectivity index (χ0) is 20.4. The molecule has 7 nitrogen and oxygen atoms in total. The van der Waals surface area contributed by atoms with Gasteiger partial charge in [-0.15, -0.1) is 0 Å². The molecule has 0 saturated carbocycles. The van der Waals surface area contributed by atoms with Crippen LogP contribution < -0.4 is 14.4 Å². The lowest BCUT2D eigenvalue weighted by atomic mass is 10.0. The molecule has 1 atom stereocenters. The van der Waals surface area contributed by atoms with Gasteiger partial charge >= 0.3 is 5.69 Å². The van der Waals surface area contributed by atoms with Crippen LogP contribution in [-0.2, 0) is 4.74 Å². The van der Waals surface area contributed by atoms with E-state index in [0.717, 1.165) is 13.1 Å². The van der Waals surface area contributed by atoms with E-state index < -0.39 is 4.92 Å². The molecule has 29 heavy (non-hydrogen) atoms. The molecule has 4 rings (SSSR count). The van der Waals surface area contributed by atoms with Crippen LogP contribution in [0.25, 0.3) is 0 Å². The van der Waals surface area contributed by atoms with Crippen LogP contribution in [0.3, 0.4) is 0 Å². The Kier molecular flexibility index (Phi) is 5.66. The van der Waals surface area contributed by atoms with E-state index in [2.05, 4.69) is 0 Å². The van der Waals surface area contributed by atoms with Gasteiger partial charge in [0.05, 0.1) is 23.7 Å². The molecule has 0 aliphatic carbocycles. The van der Waals surface area contributed by atoms with E-state index >= 15 is 0 Å². The van der Waals surface area contributed by atoms with Gasteiger partial charge in [-0.05, 0) is 36.4 Å². The van der Waals surface area contributed by atoms with Crippen molar-refractivity contribution in [1.29, 1.82) is 0 Å². The van der Waals surface area contributed by atoms with Crippen LogP contribution in [0.2, 0.25) is 5.02 Å². The number of morpholine rings is 1. The number of halogens is 2. The van der Waals surface area contributed by atoms with Crippen molar-refractivity contribution in [3.8, 4) is 11.5 Å². The molecule has 0 amide bonds. The number of nitrogens with zero attached hydrogens (tertiary/aromatic N) is 1. The van der Waals surface area contributed by atoms with Gasteiger partial charge in [0.1, 0.15) is 31.3 Å². The lowest BCUT2D eigenvalue weighted by Gasteiger charge is -2.29. The maximum Gasteiger partial charge on any atom is 0.313 e. The number of hydrogen-bond donors (Lipinski definition) is 1. The maximum atomic E-state index is 13.0. The minimum Gasteiger partial charge on any atom is -0.489 e. The van der Waals surface area contributed by atoms with Crippen molar-refractivity contribution >= 4 is 17.3 Å². The Morgan fingerprint density at radius 3 is 2.69 bits per heavy atom. The first-order valence-corrected chi connectivity index (χ1v) is 9.57. The predicted molar refractivity (Wildman–Crippen MR) is 103 cm³/mol. The summed E-state index contributed by atoms with van der Waals surface area (Å²) in [5.74, 6) is 0.967. The molecule has 2 aliphatic heterocycles. The highest BCUT2D eigenvalue weighted by molar-refractivity contribution is 6.31. The maximum absolute atomic E-state index is 13.0. The molecule has 0 bridgehead atoms. The summed E-state index contributed by atoms with van der Waals surface area (Å²) in [6, 6.07) is 8.49. The summed E-state index contributed by atoms with van der Waals surface area (Å²) >= 11 is 6.15. The number of benzene rings is 2. The second-order valence-corrected chi connectivity index (χ2v) is 7.21. The Bertz CT molecular complexity index is 945. The fourth-order valence-corrected chi connectivity index (χ4v) is 3.87. The van der Waals surface area contributed by atoms with Gasteiger partial charge < -0.3 is 19.1 Å². The number of rotatable bonds is 5. The number of hydrogen-bond acceptors (Lipinski definition) is 5. The summed E-state index contributed by atoms with van der Waals surface area (Å²) in [6.07, 6.45) is 1.76. The van der Waals surface area contributed by atoms with E-state index in [0.29, 0.717) is 35.3 Å². The van der Waals surface area contributed by atoms with Gasteiger partial charge in [-0.2, -0.15) is 0 Å². The minimum atomic E-state index is -0.492. The molecular formula is C20H19ClFN2O5+. The normalized spacial score (nSPS) is 20.3. The molecule has 152 valence electrons. The number of nitro groups is 1. The molecule has 0 unspecified atom stereocenters. The molecule has 1 fully saturated rings. The highest BCUT2D eigenvalue weighted by Gasteiger charge is 2.42. The van der Waals surface area contributed by atoms with E-state index in [-0.39, 0.29) is 29.9 Å². The summed E-state index contributed by atoms with van der Waals surface area (Å²) in [5, 5.41) is 11.8. The van der Waals surface area contributed by atoms with Gasteiger partial charge in [-0.3, -0.25) is 10.1 Å². The Labute approximate surface area is 171 Å². The van der Waals surface area contributed by atoms with Crippen molar-refractivity contribution in [2.45, 2.75) is 6.04 Å². The average molecular weight is 422 g/mol. The van der Waals surface area contributed by atoms with Crippen LogP contribution in [0, 0.1) is 15.9 Å². The third kappa shape index (κ3) is 4.19. The monoisotopic (exact) mass is 421 g/mol. The van der Waals surface area contributed by atoms with Crippen molar-refractivity contribution in [3.63, 3.8) is 0 Å². The van der Waals surface area contributed by atoms with Crippen LogP contribution in [0.15, 0.2) is 48.2 Å². The SMILES string of the molecule is O=[N+]([O-])c1cc(Cl)cc2c1O/C(=C/COc1ccc(F)cc1)[C@H]2[NH+]1CCOCC1. The third-order valence-electron chi connectivity index (χ3n) is 4.97. The summed E-state index contributed by atoms with van der Waals surface area (Å²) in [4.78, 5) is 12.2. The molecule has 0 spiro atoms. The molecule has 1 N–H and O–H groups in total. The molecule has 9 heteroatoms. The summed E-state index contributed by atoms with van der Waals surface area (Å²) in [6.45, 7) is 2.86. The van der Waals surface area contributed by atoms with Gasteiger partial charge in [0.15, 0.2) is 11.8 Å². The van der Waals surface area contributed by atoms with E-state index in [1.807, 2.05) is 0 Å². The first kappa shape index (κ1) is 19.6. The number of quaternary nitrogens is 1. The molecule has 2 aromatic rings. The van der Waals surface area contributed by atoms with Crippen LogP contribution in [0.5, 0.6) is 11.5 Å². The van der Waals surface area contributed by atoms with Crippen molar-refractivity contribution in [2.75, 3.05) is 32.9 Å². The second-order valence-electron chi connectivity index (χ2n) is 6.78. The highest BCUT2D eigenvalue weighted by Crippen LogP contribution is 2.45. The third-order valence-corrected chi connectivity index (χ3v) is 5.18. The van der Waals surface area contributed by atoms with Gasteiger partial charge in [-0.25, -0.2) is 4.39 Å². The first-order valence-electron chi connectivity index (χ1n) is 9.19. The Hall–Kier alpha value is -2.68. The standard InChI is InChI=1S/C20H18ClFN2O5/c21-13-11-16-19(23-6-9-27-10-7-23)18(29-20(16)17(12-13)24(25)26)5-8-28-15-3-1-14(22)2-4-15/h1-5,11-12,19H,6-10H2/p+1/b18-5+/t19-/m0/s1. The van der Waals surface area contributed by atoms with E-state index in [1.54, 1.807) is 12.1 Å². The quantitative estimate of drug-likeness (QED) is 0.593. The van der Waals surface area contributed by atoms with E-state index in [4.69, 9.17) is 25.8 Å². The zero-order valence-corrected chi connectivity index (χ0v) is 16.2. The van der Waals surface area contributed by atoms with Crippen molar-refractivity contribution < 1.29 is 28.4 Å². The van der Waals surface area contributed by atoms with Gasteiger partial charge in [-0.1, -0.05) is 11.6 Å². The summed E-state index contributed by atoms with van der Waals surface area (Å²) < 4.78 is 30.1. The van der Waals surface area contributed by atoms with Crippen LogP contribution in [-0.4, -0.2) is 37.8 Å². The zero-order valence-electron chi connectivity index (χ0n) is 15.4. The van der Waals surface area contributed by atoms with Gasteiger partial charge in [0.25, 0.3) is 0 Å². The van der Waals surface area contributed by atoms with E-state index in [1.165, 1.54) is 35.2 Å². The van der Waals surface area contributed by atoms with Gasteiger partial charge in [0, 0.05) is 11.1 Å². The topological polar surface area (TPSA) is 75.3 Å². The fraction of sp³-hybridized carbons (Fsp3) is 0.300. The van der Waals surface area contributed by atoms with Crippen LogP contribution in [0.4, 0.5) is 10.1 Å². The van der Waals surface area contributed by atoms with Crippen LogP contribution in [0.1, 0.15) is 11.6 Å². The number of fused-ring (bicyclic) bond motifs is 1. The molecule has 0 aromatic heterocycles. The Morgan fingerprint density at radius 2 is 2.00 bits per heavy atom. The predicted octanol–water partition coefficient (Wildman–Crippen LogP) is 2.70. The number of nitro benzene ring substituents is 1. The van der Waals surface area contributed by atoms with E-state index in [9.17, 15) is 14.5 Å². The van der Waals surface area contributed by atoms with Crippen LogP contribution >= 0.6 is 11.6 Å². The first-order chi connectivity index (χ1) is 14.0. The Morgan fingerprint density at radius 1 is 1.28 bits per heavy atom. The smallest absolute Gasteiger partial charge is 0.313 e. The second kappa shape index (κ2) is 8.36. The van der Waals surface area contributed by atoms with Crippen molar-refractivity contribution in [2.24, 2.45) is 0 Å². The highest BCUT2D eigenvalue weighted by atomic mass is 35.5. The molecular weight excluding hydrogens is 403 g/mol. The lowest BCUT2D eigenvalue weighted by molar-refractivity contribution is -0.933. The summed E-state index contributed by atoms with van der Waals surface area (Å²) in [5.41, 5.74) is 0.530.